The molecule has 0 unspecified atom stereocenters. The van der Waals surface area contributed by atoms with Crippen molar-refractivity contribution < 1.29 is 26.8 Å². The Morgan fingerprint density at radius 2 is 1.50 bits per heavy atom. The third-order valence-electron chi connectivity index (χ3n) is 3.93. The van der Waals surface area contributed by atoms with Crippen LogP contribution in [0.25, 0.3) is 0 Å². The van der Waals surface area contributed by atoms with Crippen LogP contribution in [0.2, 0.25) is 0 Å². The molecular weight excluding hydrogens is 324 g/mol. The van der Waals surface area contributed by atoms with E-state index in [4.69, 9.17) is 4.74 Å². The molecule has 0 aliphatic heterocycles. The zero-order chi connectivity index (χ0) is 16.5. The number of carbonyl (C=O) groups is 1. The predicted molar refractivity (Wildman–Crippen MR) is 93.2 cm³/mol. The molecule has 2 rings (SSSR count). The first kappa shape index (κ1) is 20.0. The number of halogens is 1. The number of likely N-dealkylation sites (N-methyl/N-ethyl adjacent to an activating group) is 1. The second kappa shape index (κ2) is 10.7. The number of nitrogens with one attached hydrogen (secondary N) is 1. The molecule has 1 amide bonds. The van der Waals surface area contributed by atoms with Gasteiger partial charge < -0.3 is 22.0 Å². The number of quaternary nitrogens is 1. The molecule has 2 aromatic rings. The average molecular weight is 349 g/mol. The Hall–Kier alpha value is -2.04. The standard InChI is InChI=1S/C19H24N2O2.ClH/c1-3-20(4-2)15-16-21(17-11-7-5-8-12-17)19(22)23-18-13-9-6-10-14-18;/h5-14H,3-4,15-16H2,1-2H3;1H. The molecule has 5 heteroatoms. The minimum Gasteiger partial charge on any atom is -1.00 e. The van der Waals surface area contributed by atoms with Crippen LogP contribution in [0.5, 0.6) is 5.75 Å². The molecule has 0 fully saturated rings. The minimum atomic E-state index is -0.339. The van der Waals surface area contributed by atoms with Gasteiger partial charge in [-0.2, -0.15) is 0 Å². The Morgan fingerprint density at radius 3 is 2.04 bits per heavy atom. The van der Waals surface area contributed by atoms with Gasteiger partial charge in [-0.05, 0) is 38.1 Å². The first-order valence-electron chi connectivity index (χ1n) is 8.17. The highest BCUT2D eigenvalue weighted by Gasteiger charge is 2.19. The zero-order valence-corrected chi connectivity index (χ0v) is 15.0. The third kappa shape index (κ3) is 5.87. The maximum atomic E-state index is 12.6. The van der Waals surface area contributed by atoms with Crippen LogP contribution in [0.3, 0.4) is 0 Å². The molecule has 0 heterocycles. The number of anilines is 1. The predicted octanol–water partition coefficient (Wildman–Crippen LogP) is -0.379. The van der Waals surface area contributed by atoms with E-state index in [2.05, 4.69) is 13.8 Å². The summed E-state index contributed by atoms with van der Waals surface area (Å²) in [5, 5.41) is 0. The normalized spacial score (nSPS) is 10.1. The van der Waals surface area contributed by atoms with Crippen molar-refractivity contribution in [2.24, 2.45) is 0 Å². The van der Waals surface area contributed by atoms with Gasteiger partial charge in [-0.1, -0.05) is 36.4 Å². The summed E-state index contributed by atoms with van der Waals surface area (Å²) in [5.74, 6) is 0.564. The molecule has 0 saturated heterocycles. The third-order valence-corrected chi connectivity index (χ3v) is 3.93. The lowest BCUT2D eigenvalue weighted by Crippen LogP contribution is -3.12. The van der Waals surface area contributed by atoms with Gasteiger partial charge in [0.2, 0.25) is 0 Å². The lowest BCUT2D eigenvalue weighted by atomic mass is 10.3. The molecule has 0 bridgehead atoms. The van der Waals surface area contributed by atoms with Gasteiger partial charge in [0.15, 0.2) is 0 Å². The van der Waals surface area contributed by atoms with E-state index in [-0.39, 0.29) is 18.5 Å². The highest BCUT2D eigenvalue weighted by Crippen LogP contribution is 2.16. The van der Waals surface area contributed by atoms with E-state index in [0.717, 1.165) is 25.3 Å². The van der Waals surface area contributed by atoms with Crippen LogP contribution in [0.4, 0.5) is 10.5 Å². The summed E-state index contributed by atoms with van der Waals surface area (Å²) in [6, 6.07) is 18.9. The second-order valence-electron chi connectivity index (χ2n) is 5.38. The number of para-hydroxylation sites is 2. The van der Waals surface area contributed by atoms with E-state index in [1.807, 2.05) is 48.5 Å². The summed E-state index contributed by atoms with van der Waals surface area (Å²) in [5.41, 5.74) is 0.861. The Morgan fingerprint density at radius 1 is 0.958 bits per heavy atom. The second-order valence-corrected chi connectivity index (χ2v) is 5.38. The van der Waals surface area contributed by atoms with Crippen molar-refractivity contribution in [1.29, 1.82) is 0 Å². The number of rotatable bonds is 7. The fourth-order valence-electron chi connectivity index (χ4n) is 2.45. The molecule has 4 nitrogen and oxygen atoms in total. The molecule has 0 radical (unpaired) electrons. The van der Waals surface area contributed by atoms with Crippen LogP contribution >= 0.6 is 0 Å². The van der Waals surface area contributed by atoms with E-state index in [0.29, 0.717) is 12.3 Å². The topological polar surface area (TPSA) is 34.0 Å². The van der Waals surface area contributed by atoms with E-state index >= 15 is 0 Å². The number of nitrogens with zero attached hydrogens (tertiary/aromatic N) is 1. The van der Waals surface area contributed by atoms with Gasteiger partial charge in [0.1, 0.15) is 5.75 Å². The molecule has 24 heavy (non-hydrogen) atoms. The number of ether oxygens (including phenoxy) is 1. The van der Waals surface area contributed by atoms with Crippen molar-refractivity contribution >= 4 is 11.8 Å². The van der Waals surface area contributed by atoms with Gasteiger partial charge in [-0.15, -0.1) is 0 Å². The first-order valence-corrected chi connectivity index (χ1v) is 8.17. The fraction of sp³-hybridized carbons (Fsp3) is 0.316. The summed E-state index contributed by atoms with van der Waals surface area (Å²) in [6.45, 7) is 7.94. The van der Waals surface area contributed by atoms with Gasteiger partial charge in [0, 0.05) is 5.69 Å². The smallest absolute Gasteiger partial charge is 0.419 e. The van der Waals surface area contributed by atoms with Gasteiger partial charge >= 0.3 is 6.09 Å². The first-order chi connectivity index (χ1) is 11.2. The number of hydrogen-bond acceptors (Lipinski definition) is 2. The Balaban J connectivity index is 0.00000288. The largest absolute Gasteiger partial charge is 1.00 e. The van der Waals surface area contributed by atoms with Crippen LogP contribution in [0.15, 0.2) is 60.7 Å². The van der Waals surface area contributed by atoms with Crippen LogP contribution in [0, 0.1) is 0 Å². The zero-order valence-electron chi connectivity index (χ0n) is 14.2. The Labute approximate surface area is 150 Å². The van der Waals surface area contributed by atoms with Gasteiger partial charge in [-0.3, -0.25) is 4.90 Å². The molecule has 0 saturated carbocycles. The van der Waals surface area contributed by atoms with Crippen molar-refractivity contribution in [3.63, 3.8) is 0 Å². The van der Waals surface area contributed by atoms with E-state index in [1.165, 1.54) is 4.90 Å². The van der Waals surface area contributed by atoms with E-state index < -0.39 is 0 Å². The highest BCUT2D eigenvalue weighted by molar-refractivity contribution is 5.89. The van der Waals surface area contributed by atoms with Gasteiger partial charge in [0.05, 0.1) is 26.2 Å². The molecule has 1 N–H and O–H groups in total. The Kier molecular flexibility index (Phi) is 8.90. The van der Waals surface area contributed by atoms with Crippen molar-refractivity contribution in [3.8, 4) is 5.75 Å². The van der Waals surface area contributed by atoms with Crippen LogP contribution in [-0.4, -0.2) is 32.3 Å². The average Bonchev–Trinajstić information content (AvgIpc) is 2.60. The minimum absolute atomic E-state index is 0. The summed E-state index contributed by atoms with van der Waals surface area (Å²) in [7, 11) is 0. The molecule has 0 aliphatic carbocycles. The molecule has 0 aliphatic rings. The Bertz CT molecular complexity index is 589. The number of benzene rings is 2. The molecule has 0 aromatic heterocycles. The lowest BCUT2D eigenvalue weighted by Gasteiger charge is -2.24. The van der Waals surface area contributed by atoms with Crippen LogP contribution in [0.1, 0.15) is 13.8 Å². The molecule has 0 atom stereocenters. The van der Waals surface area contributed by atoms with Crippen LogP contribution in [-0.2, 0) is 0 Å². The maximum absolute atomic E-state index is 12.6. The quantitative estimate of drug-likeness (QED) is 0.740. The van der Waals surface area contributed by atoms with E-state index in [9.17, 15) is 4.79 Å². The molecule has 2 aromatic carbocycles. The fourth-order valence-corrected chi connectivity index (χ4v) is 2.45. The number of amides is 1. The molecular formula is C19H25ClN2O2. The molecule has 0 spiro atoms. The van der Waals surface area contributed by atoms with Crippen molar-refractivity contribution in [2.45, 2.75) is 13.8 Å². The summed E-state index contributed by atoms with van der Waals surface area (Å²) < 4.78 is 5.51. The number of hydrogen-bond donors (Lipinski definition) is 1. The van der Waals surface area contributed by atoms with Crippen molar-refractivity contribution in [3.05, 3.63) is 60.7 Å². The SMILES string of the molecule is CC[NH+](CC)CCN(C(=O)Oc1ccccc1)c1ccccc1.[Cl-]. The lowest BCUT2D eigenvalue weighted by molar-refractivity contribution is -0.894. The molecule has 130 valence electrons. The van der Waals surface area contributed by atoms with Crippen molar-refractivity contribution in [2.75, 3.05) is 31.1 Å². The van der Waals surface area contributed by atoms with E-state index in [1.54, 1.807) is 17.0 Å². The van der Waals surface area contributed by atoms with Gasteiger partial charge in [0.25, 0.3) is 0 Å². The monoisotopic (exact) mass is 348 g/mol. The maximum Gasteiger partial charge on any atom is 0.419 e. The summed E-state index contributed by atoms with van der Waals surface area (Å²) in [6.07, 6.45) is -0.339. The van der Waals surface area contributed by atoms with Crippen LogP contribution < -0.4 is 26.9 Å². The van der Waals surface area contributed by atoms with Gasteiger partial charge in [-0.25, -0.2) is 4.79 Å². The summed E-state index contributed by atoms with van der Waals surface area (Å²) in [4.78, 5) is 15.8. The highest BCUT2D eigenvalue weighted by atomic mass is 35.5. The number of carbonyl (C=O) groups excluding carboxylic acids is 1. The summed E-state index contributed by atoms with van der Waals surface area (Å²) >= 11 is 0. The van der Waals surface area contributed by atoms with Crippen molar-refractivity contribution in [1.82, 2.24) is 0 Å².